The van der Waals surface area contributed by atoms with Crippen molar-refractivity contribution in [3.05, 3.63) is 0 Å². The first-order valence-electron chi connectivity index (χ1n) is 3.94. The molecule has 1 rings (SSSR count). The Morgan fingerprint density at radius 1 is 1.45 bits per heavy atom. The first kappa shape index (κ1) is 8.91. The third kappa shape index (κ3) is 2.73. The zero-order valence-electron chi connectivity index (χ0n) is 7.25. The zero-order chi connectivity index (χ0) is 8.70. The minimum Gasteiger partial charge on any atom is -0.312 e. The lowest BCUT2D eigenvalue weighted by atomic mass is 10.1. The maximum absolute atomic E-state index is 12.3. The summed E-state index contributed by atoms with van der Waals surface area (Å²) in [4.78, 5) is 0. The molecule has 0 bridgehead atoms. The molecule has 0 aromatic rings. The van der Waals surface area contributed by atoms with Crippen LogP contribution in [0.5, 0.6) is 0 Å². The van der Waals surface area contributed by atoms with E-state index >= 15 is 0 Å². The van der Waals surface area contributed by atoms with Crippen LogP contribution in [0.15, 0.2) is 0 Å². The first-order chi connectivity index (χ1) is 4.81. The van der Waals surface area contributed by atoms with Crippen LogP contribution in [0.25, 0.3) is 0 Å². The van der Waals surface area contributed by atoms with Gasteiger partial charge in [-0.2, -0.15) is 0 Å². The van der Waals surface area contributed by atoms with E-state index in [-0.39, 0.29) is 12.0 Å². The van der Waals surface area contributed by atoms with Gasteiger partial charge in [-0.15, -0.1) is 0 Å². The number of alkyl halides is 2. The third-order valence-electron chi connectivity index (χ3n) is 1.83. The quantitative estimate of drug-likeness (QED) is 0.656. The fourth-order valence-electron chi connectivity index (χ4n) is 0.920. The second-order valence-electron chi connectivity index (χ2n) is 4.29. The predicted octanol–water partition coefficient (Wildman–Crippen LogP) is 2.03. The van der Waals surface area contributed by atoms with Crippen LogP contribution in [0, 0.1) is 5.92 Å². The van der Waals surface area contributed by atoms with Crippen LogP contribution in [0.2, 0.25) is 0 Å². The topological polar surface area (TPSA) is 12.0 Å². The Kier molecular flexibility index (Phi) is 1.95. The van der Waals surface area contributed by atoms with E-state index in [0.717, 1.165) is 0 Å². The smallest absolute Gasteiger partial charge is 0.252 e. The second-order valence-corrected chi connectivity index (χ2v) is 4.29. The van der Waals surface area contributed by atoms with Gasteiger partial charge >= 0.3 is 0 Å². The number of hydrogen-bond donors (Lipinski definition) is 1. The SMILES string of the molecule is CC(C)(C)NCC1CC1(F)F. The highest BCUT2D eigenvalue weighted by molar-refractivity contribution is 4.97. The van der Waals surface area contributed by atoms with E-state index in [1.807, 2.05) is 20.8 Å². The summed E-state index contributed by atoms with van der Waals surface area (Å²) in [6.45, 7) is 6.38. The Balaban J connectivity index is 2.16. The molecule has 0 aromatic carbocycles. The maximum atomic E-state index is 12.3. The fourth-order valence-corrected chi connectivity index (χ4v) is 0.920. The van der Waals surface area contributed by atoms with Gasteiger partial charge < -0.3 is 5.32 Å². The van der Waals surface area contributed by atoms with Crippen molar-refractivity contribution in [3.8, 4) is 0 Å². The molecular weight excluding hydrogens is 148 g/mol. The average Bonchev–Trinajstić information content (AvgIpc) is 2.33. The summed E-state index contributed by atoms with van der Waals surface area (Å²) < 4.78 is 24.7. The Labute approximate surface area is 66.2 Å². The van der Waals surface area contributed by atoms with Crippen LogP contribution >= 0.6 is 0 Å². The molecule has 0 spiro atoms. The second kappa shape index (κ2) is 2.41. The number of nitrogens with one attached hydrogen (secondary N) is 1. The lowest BCUT2D eigenvalue weighted by Gasteiger charge is -2.20. The summed E-state index contributed by atoms with van der Waals surface area (Å²) in [6.07, 6.45) is 0.0656. The van der Waals surface area contributed by atoms with Crippen molar-refractivity contribution in [1.82, 2.24) is 5.32 Å². The van der Waals surface area contributed by atoms with Crippen LogP contribution in [0.1, 0.15) is 27.2 Å². The molecule has 0 aromatic heterocycles. The van der Waals surface area contributed by atoms with Crippen LogP contribution < -0.4 is 5.32 Å². The summed E-state index contributed by atoms with van der Waals surface area (Å²) >= 11 is 0. The predicted molar refractivity (Wildman–Crippen MR) is 40.8 cm³/mol. The van der Waals surface area contributed by atoms with Crippen molar-refractivity contribution in [2.45, 2.75) is 38.7 Å². The van der Waals surface area contributed by atoms with E-state index in [0.29, 0.717) is 6.54 Å². The highest BCUT2D eigenvalue weighted by Crippen LogP contribution is 2.48. The lowest BCUT2D eigenvalue weighted by molar-refractivity contribution is 0.0972. The molecule has 1 atom stereocenters. The molecule has 0 radical (unpaired) electrons. The van der Waals surface area contributed by atoms with Gasteiger partial charge in [0.2, 0.25) is 0 Å². The first-order valence-corrected chi connectivity index (χ1v) is 3.94. The van der Waals surface area contributed by atoms with Crippen LogP contribution in [-0.2, 0) is 0 Å². The molecule has 1 aliphatic carbocycles. The van der Waals surface area contributed by atoms with Gasteiger partial charge in [0.1, 0.15) is 0 Å². The van der Waals surface area contributed by atoms with Gasteiger partial charge in [-0.3, -0.25) is 0 Å². The monoisotopic (exact) mass is 163 g/mol. The Morgan fingerprint density at radius 2 is 1.91 bits per heavy atom. The molecule has 0 saturated heterocycles. The summed E-state index contributed by atoms with van der Waals surface area (Å²) in [5.74, 6) is -2.79. The molecule has 1 unspecified atom stereocenters. The molecule has 3 heteroatoms. The van der Waals surface area contributed by atoms with Crippen molar-refractivity contribution in [1.29, 1.82) is 0 Å². The summed E-state index contributed by atoms with van der Waals surface area (Å²) in [5, 5.41) is 3.06. The van der Waals surface area contributed by atoms with Gasteiger partial charge in [0.25, 0.3) is 5.92 Å². The van der Waals surface area contributed by atoms with Gasteiger partial charge in [0.05, 0.1) is 0 Å². The Hall–Kier alpha value is -0.180. The van der Waals surface area contributed by atoms with Crippen LogP contribution in [0.4, 0.5) is 8.78 Å². The van der Waals surface area contributed by atoms with Crippen molar-refractivity contribution in [2.75, 3.05) is 6.54 Å². The number of halogens is 2. The normalized spacial score (nSPS) is 28.6. The molecule has 1 N–H and O–H groups in total. The van der Waals surface area contributed by atoms with Gasteiger partial charge in [-0.25, -0.2) is 8.78 Å². The third-order valence-corrected chi connectivity index (χ3v) is 1.83. The Bertz CT molecular complexity index is 149. The van der Waals surface area contributed by atoms with E-state index in [9.17, 15) is 8.78 Å². The molecule has 0 amide bonds. The molecule has 11 heavy (non-hydrogen) atoms. The maximum Gasteiger partial charge on any atom is 0.252 e. The number of hydrogen-bond acceptors (Lipinski definition) is 1. The van der Waals surface area contributed by atoms with Gasteiger partial charge in [0.15, 0.2) is 0 Å². The highest BCUT2D eigenvalue weighted by Gasteiger charge is 2.56. The van der Waals surface area contributed by atoms with Crippen LogP contribution in [-0.4, -0.2) is 18.0 Å². The largest absolute Gasteiger partial charge is 0.312 e. The standard InChI is InChI=1S/C8H15F2N/c1-7(2,3)11-5-6-4-8(6,9)10/h6,11H,4-5H2,1-3H3. The van der Waals surface area contributed by atoms with E-state index < -0.39 is 11.8 Å². The van der Waals surface area contributed by atoms with E-state index in [2.05, 4.69) is 5.32 Å². The van der Waals surface area contributed by atoms with Crippen molar-refractivity contribution in [2.24, 2.45) is 5.92 Å². The molecule has 1 aliphatic rings. The summed E-state index contributed by atoms with van der Waals surface area (Å²) in [7, 11) is 0. The van der Waals surface area contributed by atoms with E-state index in [1.165, 1.54) is 0 Å². The molecule has 0 aliphatic heterocycles. The van der Waals surface area contributed by atoms with Gasteiger partial charge in [-0.05, 0) is 20.8 Å². The van der Waals surface area contributed by atoms with Crippen molar-refractivity contribution in [3.63, 3.8) is 0 Å². The van der Waals surface area contributed by atoms with E-state index in [1.54, 1.807) is 0 Å². The molecule has 1 nitrogen and oxygen atoms in total. The van der Waals surface area contributed by atoms with E-state index in [4.69, 9.17) is 0 Å². The molecular formula is C8H15F2N. The van der Waals surface area contributed by atoms with Gasteiger partial charge in [-0.1, -0.05) is 0 Å². The van der Waals surface area contributed by atoms with Gasteiger partial charge in [0, 0.05) is 24.4 Å². The molecule has 1 saturated carbocycles. The minimum atomic E-state index is -2.38. The Morgan fingerprint density at radius 3 is 2.18 bits per heavy atom. The fraction of sp³-hybridized carbons (Fsp3) is 1.00. The number of rotatable bonds is 2. The van der Waals surface area contributed by atoms with Crippen molar-refractivity contribution < 1.29 is 8.78 Å². The average molecular weight is 163 g/mol. The minimum absolute atomic E-state index is 0.0430. The summed E-state index contributed by atoms with van der Waals surface area (Å²) in [5.41, 5.74) is -0.0430. The highest BCUT2D eigenvalue weighted by atomic mass is 19.3. The zero-order valence-corrected chi connectivity index (χ0v) is 7.25. The lowest BCUT2D eigenvalue weighted by Crippen LogP contribution is -2.37. The summed E-state index contributed by atoms with van der Waals surface area (Å²) in [6, 6.07) is 0. The molecule has 66 valence electrons. The molecule has 0 heterocycles. The molecule has 1 fully saturated rings. The van der Waals surface area contributed by atoms with Crippen molar-refractivity contribution >= 4 is 0 Å². The van der Waals surface area contributed by atoms with Crippen LogP contribution in [0.3, 0.4) is 0 Å².